The molecule has 9 heteroatoms. The van der Waals surface area contributed by atoms with Gasteiger partial charge >= 0.3 is 6.18 Å². The second kappa shape index (κ2) is 7.12. The summed E-state index contributed by atoms with van der Waals surface area (Å²) in [5.74, 6) is -0.472. The van der Waals surface area contributed by atoms with Gasteiger partial charge in [0, 0.05) is 28.8 Å². The van der Waals surface area contributed by atoms with Crippen molar-refractivity contribution in [2.75, 3.05) is 0 Å². The number of benzene rings is 2. The Balaban J connectivity index is 1.46. The molecule has 0 saturated heterocycles. The molecule has 0 saturated carbocycles. The number of rotatable bonds is 2. The lowest BCUT2D eigenvalue weighted by atomic mass is 10.1. The van der Waals surface area contributed by atoms with Gasteiger partial charge in [-0.05, 0) is 30.3 Å². The maximum absolute atomic E-state index is 12.7. The normalized spacial score (nSPS) is 13.8. The van der Waals surface area contributed by atoms with Crippen LogP contribution in [0.2, 0.25) is 10.0 Å². The molecular formula is C23H9Cl2F3O4. The number of hydrogen-bond donors (Lipinski definition) is 0. The number of carbonyl (C=O) groups excluding carboxylic acids is 2. The number of alkyl halides is 3. The second-order valence-electron chi connectivity index (χ2n) is 7.09. The molecule has 2 aromatic heterocycles. The molecule has 0 unspecified atom stereocenters. The smallest absolute Gasteiger partial charge is 0.416 e. The Kier molecular flexibility index (Phi) is 4.58. The van der Waals surface area contributed by atoms with Gasteiger partial charge in [0.15, 0.2) is 22.7 Å². The second-order valence-corrected chi connectivity index (χ2v) is 7.91. The largest absolute Gasteiger partial charge is 0.453 e. The van der Waals surface area contributed by atoms with Gasteiger partial charge in [0.25, 0.3) is 0 Å². The molecule has 0 spiro atoms. The van der Waals surface area contributed by atoms with Crippen molar-refractivity contribution in [2.24, 2.45) is 0 Å². The van der Waals surface area contributed by atoms with Crippen molar-refractivity contribution in [3.63, 3.8) is 0 Å². The summed E-state index contributed by atoms with van der Waals surface area (Å²) >= 11 is 11.9. The topological polar surface area (TPSA) is 60.4 Å². The maximum Gasteiger partial charge on any atom is 0.416 e. The molecule has 4 aromatic rings. The van der Waals surface area contributed by atoms with Gasteiger partial charge in [-0.1, -0.05) is 35.3 Å². The molecule has 0 radical (unpaired) electrons. The van der Waals surface area contributed by atoms with Crippen molar-refractivity contribution in [1.82, 2.24) is 0 Å². The van der Waals surface area contributed by atoms with Crippen LogP contribution < -0.4 is 0 Å². The van der Waals surface area contributed by atoms with Crippen molar-refractivity contribution in [1.29, 1.82) is 0 Å². The number of ketones is 2. The third kappa shape index (κ3) is 3.34. The third-order valence-electron chi connectivity index (χ3n) is 5.05. The average molecular weight is 477 g/mol. The van der Waals surface area contributed by atoms with E-state index in [2.05, 4.69) is 0 Å². The highest BCUT2D eigenvalue weighted by Gasteiger charge is 2.34. The highest BCUT2D eigenvalue weighted by atomic mass is 35.5. The van der Waals surface area contributed by atoms with E-state index in [1.165, 1.54) is 42.5 Å². The monoisotopic (exact) mass is 476 g/mol. The quantitative estimate of drug-likeness (QED) is 0.222. The highest BCUT2D eigenvalue weighted by Crippen LogP contribution is 2.36. The summed E-state index contributed by atoms with van der Waals surface area (Å²) in [6, 6.07) is 10.2. The number of carbonyl (C=O) groups is 2. The molecule has 0 fully saturated rings. The van der Waals surface area contributed by atoms with Crippen molar-refractivity contribution >= 4 is 52.0 Å². The van der Waals surface area contributed by atoms with Gasteiger partial charge in [0.2, 0.25) is 0 Å². The van der Waals surface area contributed by atoms with Gasteiger partial charge < -0.3 is 8.83 Å². The zero-order valence-corrected chi connectivity index (χ0v) is 17.2. The Morgan fingerprint density at radius 3 is 1.88 bits per heavy atom. The molecule has 160 valence electrons. The Morgan fingerprint density at radius 1 is 0.781 bits per heavy atom. The van der Waals surface area contributed by atoms with Crippen LogP contribution in [-0.4, -0.2) is 11.6 Å². The SMILES string of the molecule is O=C1C(=Cc2cc3oc(-c4ccc(C(F)(F)F)cc4)cc3o2)C(=O)c2cc(Cl)c(Cl)cc21. The molecule has 32 heavy (non-hydrogen) atoms. The van der Waals surface area contributed by atoms with Gasteiger partial charge in [-0.15, -0.1) is 0 Å². The number of Topliss-reactive ketones (excluding diaryl/α,β-unsaturated/α-hetero) is 2. The van der Waals surface area contributed by atoms with E-state index >= 15 is 0 Å². The van der Waals surface area contributed by atoms with Gasteiger partial charge in [-0.25, -0.2) is 0 Å². The summed E-state index contributed by atoms with van der Waals surface area (Å²) in [5.41, 5.74) is 0.527. The van der Waals surface area contributed by atoms with Crippen LogP contribution in [-0.2, 0) is 6.18 Å². The molecule has 2 aromatic carbocycles. The van der Waals surface area contributed by atoms with Gasteiger partial charge in [0.05, 0.1) is 21.2 Å². The number of halogens is 5. The standard InChI is InChI=1S/C23H9Cl2F3O4/c24-16-7-13-14(8-17(16)25)22(30)15(21(13)29)5-12-6-19-20(31-12)9-18(32-19)10-1-3-11(4-2-10)23(26,27)28/h1-9H. The van der Waals surface area contributed by atoms with Gasteiger partial charge in [-0.3, -0.25) is 9.59 Å². The first kappa shape index (κ1) is 20.6. The van der Waals surface area contributed by atoms with E-state index in [0.29, 0.717) is 22.5 Å². The Labute approximate surface area is 187 Å². The fourth-order valence-electron chi connectivity index (χ4n) is 3.48. The van der Waals surface area contributed by atoms with Crippen LogP contribution in [0.3, 0.4) is 0 Å². The number of allylic oxidation sites excluding steroid dienone is 1. The molecule has 1 aliphatic carbocycles. The molecule has 5 rings (SSSR count). The summed E-state index contributed by atoms with van der Waals surface area (Å²) in [7, 11) is 0. The van der Waals surface area contributed by atoms with E-state index in [-0.39, 0.29) is 32.5 Å². The fraction of sp³-hybridized carbons (Fsp3) is 0.0435. The van der Waals surface area contributed by atoms with E-state index in [0.717, 1.165) is 12.1 Å². The lowest BCUT2D eigenvalue weighted by molar-refractivity contribution is -0.137. The van der Waals surface area contributed by atoms with Crippen LogP contribution in [0.4, 0.5) is 13.2 Å². The van der Waals surface area contributed by atoms with Crippen LogP contribution in [0.5, 0.6) is 0 Å². The van der Waals surface area contributed by atoms with Crippen molar-refractivity contribution in [3.8, 4) is 11.3 Å². The van der Waals surface area contributed by atoms with Crippen LogP contribution in [0, 0.1) is 0 Å². The summed E-state index contributed by atoms with van der Waals surface area (Å²) in [4.78, 5) is 25.3. The predicted octanol–water partition coefficient (Wildman–Crippen LogP) is 7.48. The van der Waals surface area contributed by atoms with Crippen molar-refractivity contribution in [3.05, 3.63) is 86.6 Å². The minimum Gasteiger partial charge on any atom is -0.453 e. The Hall–Kier alpha value is -3.29. The Morgan fingerprint density at radius 2 is 1.34 bits per heavy atom. The molecule has 0 bridgehead atoms. The highest BCUT2D eigenvalue weighted by molar-refractivity contribution is 6.46. The van der Waals surface area contributed by atoms with Crippen molar-refractivity contribution < 1.29 is 31.6 Å². The predicted molar refractivity (Wildman–Crippen MR) is 112 cm³/mol. The number of fused-ring (bicyclic) bond motifs is 2. The molecule has 4 nitrogen and oxygen atoms in total. The number of hydrogen-bond acceptors (Lipinski definition) is 4. The van der Waals surface area contributed by atoms with E-state index in [1.807, 2.05) is 0 Å². The van der Waals surface area contributed by atoms with E-state index < -0.39 is 23.3 Å². The van der Waals surface area contributed by atoms with Crippen molar-refractivity contribution in [2.45, 2.75) is 6.18 Å². The van der Waals surface area contributed by atoms with Crippen LogP contribution in [0.1, 0.15) is 32.0 Å². The summed E-state index contributed by atoms with van der Waals surface area (Å²) in [6.45, 7) is 0. The van der Waals surface area contributed by atoms with Crippen LogP contribution >= 0.6 is 23.2 Å². The van der Waals surface area contributed by atoms with E-state index in [4.69, 9.17) is 32.0 Å². The molecule has 0 atom stereocenters. The molecular weight excluding hydrogens is 468 g/mol. The molecule has 0 N–H and O–H groups in total. The average Bonchev–Trinajstić information content (AvgIpc) is 3.36. The lowest BCUT2D eigenvalue weighted by Gasteiger charge is -2.06. The minimum absolute atomic E-state index is 0.0994. The first-order valence-corrected chi connectivity index (χ1v) is 9.88. The van der Waals surface area contributed by atoms with E-state index in [1.54, 1.807) is 0 Å². The Bertz CT molecular complexity index is 1380. The minimum atomic E-state index is -4.43. The lowest BCUT2D eigenvalue weighted by Crippen LogP contribution is -2.03. The maximum atomic E-state index is 12.7. The first-order chi connectivity index (χ1) is 15.1. The molecule has 0 aliphatic heterocycles. The molecule has 0 amide bonds. The third-order valence-corrected chi connectivity index (χ3v) is 5.77. The summed E-state index contributed by atoms with van der Waals surface area (Å²) in [6.07, 6.45) is -3.12. The molecule has 1 aliphatic rings. The zero-order chi connectivity index (χ0) is 22.8. The van der Waals surface area contributed by atoms with E-state index in [9.17, 15) is 22.8 Å². The number of furan rings is 2. The van der Waals surface area contributed by atoms with Gasteiger partial charge in [0.1, 0.15) is 11.5 Å². The first-order valence-electron chi connectivity index (χ1n) is 9.13. The summed E-state index contributed by atoms with van der Waals surface area (Å²) < 4.78 is 49.5. The zero-order valence-electron chi connectivity index (χ0n) is 15.7. The fourth-order valence-corrected chi connectivity index (χ4v) is 3.81. The van der Waals surface area contributed by atoms with Crippen LogP contribution in [0.15, 0.2) is 62.9 Å². The van der Waals surface area contributed by atoms with Gasteiger partial charge in [-0.2, -0.15) is 13.2 Å². The molecule has 2 heterocycles. The van der Waals surface area contributed by atoms with Crippen LogP contribution in [0.25, 0.3) is 28.6 Å². The summed E-state index contributed by atoms with van der Waals surface area (Å²) in [5, 5.41) is 0.332.